The van der Waals surface area contributed by atoms with Gasteiger partial charge in [0, 0.05) is 18.6 Å². The number of nitrogens with one attached hydrogen (secondary N) is 1. The summed E-state index contributed by atoms with van der Waals surface area (Å²) in [5.41, 5.74) is 0. The number of rotatable bonds is 7. The minimum atomic E-state index is 0.406. The van der Waals surface area contributed by atoms with Gasteiger partial charge in [-0.05, 0) is 46.2 Å². The van der Waals surface area contributed by atoms with Gasteiger partial charge in [-0.2, -0.15) is 0 Å². The maximum absolute atomic E-state index is 5.72. The van der Waals surface area contributed by atoms with Crippen LogP contribution in [0, 0.1) is 0 Å². The van der Waals surface area contributed by atoms with E-state index in [9.17, 15) is 0 Å². The van der Waals surface area contributed by atoms with Gasteiger partial charge in [-0.25, -0.2) is 0 Å². The minimum Gasteiger partial charge on any atom is -0.376 e. The van der Waals surface area contributed by atoms with Gasteiger partial charge in [-0.15, -0.1) is 0 Å². The van der Waals surface area contributed by atoms with Gasteiger partial charge in [0.1, 0.15) is 0 Å². The average Bonchev–Trinajstić information content (AvgIpc) is 2.30. The van der Waals surface area contributed by atoms with E-state index in [1.54, 1.807) is 0 Å². The van der Waals surface area contributed by atoms with E-state index in [-0.39, 0.29) is 0 Å². The van der Waals surface area contributed by atoms with E-state index in [2.05, 4.69) is 37.9 Å². The van der Waals surface area contributed by atoms with Crippen molar-refractivity contribution < 1.29 is 4.74 Å². The number of nitrogens with zero attached hydrogens (tertiary/aromatic N) is 1. The first kappa shape index (κ1) is 14.9. The summed E-state index contributed by atoms with van der Waals surface area (Å²) in [6.07, 6.45) is 4.17. The number of morpholine rings is 1. The molecule has 0 aromatic carbocycles. The van der Waals surface area contributed by atoms with Crippen LogP contribution in [0.5, 0.6) is 0 Å². The minimum absolute atomic E-state index is 0.406. The van der Waals surface area contributed by atoms with Crippen molar-refractivity contribution in [2.45, 2.75) is 65.1 Å². The summed E-state index contributed by atoms with van der Waals surface area (Å²) in [6, 6.07) is 1.29. The van der Waals surface area contributed by atoms with Crippen LogP contribution in [-0.2, 0) is 4.74 Å². The second-order valence-corrected chi connectivity index (χ2v) is 5.30. The highest BCUT2D eigenvalue weighted by atomic mass is 16.5. The Labute approximate surface area is 107 Å². The highest BCUT2D eigenvalue weighted by molar-refractivity contribution is 4.77. The highest BCUT2D eigenvalue weighted by Gasteiger charge is 2.24. The second kappa shape index (κ2) is 8.06. The van der Waals surface area contributed by atoms with Crippen molar-refractivity contribution in [3.05, 3.63) is 0 Å². The lowest BCUT2D eigenvalue weighted by Gasteiger charge is -2.38. The molecule has 3 heteroatoms. The molecule has 0 radical (unpaired) electrons. The van der Waals surface area contributed by atoms with Crippen molar-refractivity contribution in [2.24, 2.45) is 0 Å². The zero-order chi connectivity index (χ0) is 12.7. The molecule has 17 heavy (non-hydrogen) atoms. The van der Waals surface area contributed by atoms with Crippen molar-refractivity contribution in [2.75, 3.05) is 26.2 Å². The predicted molar refractivity (Wildman–Crippen MR) is 73.4 cm³/mol. The molecule has 0 spiro atoms. The fourth-order valence-electron chi connectivity index (χ4n) is 2.61. The summed E-state index contributed by atoms with van der Waals surface area (Å²) < 4.78 is 5.72. The lowest BCUT2D eigenvalue weighted by molar-refractivity contribution is -0.0562. The molecule has 1 saturated heterocycles. The third-order valence-corrected chi connectivity index (χ3v) is 3.69. The Bertz CT molecular complexity index is 199. The maximum Gasteiger partial charge on any atom is 0.0674 e. The molecule has 0 aromatic rings. The first-order chi connectivity index (χ1) is 8.17. The van der Waals surface area contributed by atoms with E-state index < -0.39 is 0 Å². The van der Waals surface area contributed by atoms with Gasteiger partial charge in [0.25, 0.3) is 0 Å². The van der Waals surface area contributed by atoms with Gasteiger partial charge in [0.2, 0.25) is 0 Å². The summed E-state index contributed by atoms with van der Waals surface area (Å²) in [7, 11) is 0. The van der Waals surface area contributed by atoms with E-state index in [0.717, 1.165) is 19.7 Å². The summed E-state index contributed by atoms with van der Waals surface area (Å²) in [5, 5.41) is 3.47. The smallest absolute Gasteiger partial charge is 0.0674 e. The molecule has 3 nitrogen and oxygen atoms in total. The maximum atomic E-state index is 5.72. The van der Waals surface area contributed by atoms with E-state index >= 15 is 0 Å². The van der Waals surface area contributed by atoms with Crippen LogP contribution in [0.3, 0.4) is 0 Å². The number of ether oxygens (including phenoxy) is 1. The second-order valence-electron chi connectivity index (χ2n) is 5.30. The third-order valence-electron chi connectivity index (χ3n) is 3.69. The van der Waals surface area contributed by atoms with Crippen LogP contribution in [0.2, 0.25) is 0 Å². The molecule has 0 saturated carbocycles. The molecule has 102 valence electrons. The Morgan fingerprint density at radius 3 is 2.82 bits per heavy atom. The molecule has 1 aliphatic rings. The van der Waals surface area contributed by atoms with E-state index in [0.29, 0.717) is 18.2 Å². The van der Waals surface area contributed by atoms with Crippen molar-refractivity contribution in [1.29, 1.82) is 0 Å². The van der Waals surface area contributed by atoms with E-state index in [1.807, 2.05) is 0 Å². The molecule has 1 aliphatic heterocycles. The van der Waals surface area contributed by atoms with Crippen LogP contribution >= 0.6 is 0 Å². The van der Waals surface area contributed by atoms with Crippen LogP contribution in [-0.4, -0.2) is 49.3 Å². The molecule has 1 rings (SSSR count). The summed E-state index contributed by atoms with van der Waals surface area (Å²) in [5.74, 6) is 0. The molecule has 0 aliphatic carbocycles. The lowest BCUT2D eigenvalue weighted by Crippen LogP contribution is -2.48. The Hall–Kier alpha value is -0.120. The Morgan fingerprint density at radius 1 is 1.41 bits per heavy atom. The van der Waals surface area contributed by atoms with Crippen LogP contribution < -0.4 is 5.32 Å². The van der Waals surface area contributed by atoms with Gasteiger partial charge < -0.3 is 10.1 Å². The molecule has 3 atom stereocenters. The van der Waals surface area contributed by atoms with Gasteiger partial charge >= 0.3 is 0 Å². The zero-order valence-corrected chi connectivity index (χ0v) is 12.0. The van der Waals surface area contributed by atoms with Crippen molar-refractivity contribution in [1.82, 2.24) is 10.2 Å². The quantitative estimate of drug-likeness (QED) is 0.741. The molecule has 0 bridgehead atoms. The number of hydrogen-bond acceptors (Lipinski definition) is 3. The monoisotopic (exact) mass is 242 g/mol. The van der Waals surface area contributed by atoms with Crippen molar-refractivity contribution in [3.63, 3.8) is 0 Å². The SMILES string of the molecule is CCNC(C)CCCN1CC(C)OCC1CC. The molecule has 0 aromatic heterocycles. The van der Waals surface area contributed by atoms with Gasteiger partial charge in [0.15, 0.2) is 0 Å². The van der Waals surface area contributed by atoms with Gasteiger partial charge in [-0.3, -0.25) is 4.90 Å². The standard InChI is InChI=1S/C14H30N2O/c1-5-14-11-17-13(4)10-16(14)9-7-8-12(3)15-6-2/h12-15H,5-11H2,1-4H3. The van der Waals surface area contributed by atoms with Gasteiger partial charge in [-0.1, -0.05) is 13.8 Å². The summed E-state index contributed by atoms with van der Waals surface area (Å²) in [6.45, 7) is 13.2. The lowest BCUT2D eigenvalue weighted by atomic mass is 10.1. The molecular weight excluding hydrogens is 212 g/mol. The van der Waals surface area contributed by atoms with Crippen molar-refractivity contribution >= 4 is 0 Å². The molecule has 3 unspecified atom stereocenters. The Kier molecular flexibility index (Phi) is 7.09. The normalized spacial score (nSPS) is 28.2. The molecule has 1 fully saturated rings. The van der Waals surface area contributed by atoms with Crippen LogP contribution in [0.1, 0.15) is 47.0 Å². The van der Waals surface area contributed by atoms with Crippen LogP contribution in [0.25, 0.3) is 0 Å². The third kappa shape index (κ3) is 5.36. The Balaban J connectivity index is 2.23. The zero-order valence-electron chi connectivity index (χ0n) is 12.0. The first-order valence-electron chi connectivity index (χ1n) is 7.26. The van der Waals surface area contributed by atoms with E-state index in [1.165, 1.54) is 25.8 Å². The highest BCUT2D eigenvalue weighted by Crippen LogP contribution is 2.15. The topological polar surface area (TPSA) is 24.5 Å². The Morgan fingerprint density at radius 2 is 2.18 bits per heavy atom. The van der Waals surface area contributed by atoms with Gasteiger partial charge in [0.05, 0.1) is 12.7 Å². The molecule has 0 amide bonds. The fourth-order valence-corrected chi connectivity index (χ4v) is 2.61. The van der Waals surface area contributed by atoms with Crippen molar-refractivity contribution in [3.8, 4) is 0 Å². The molecule has 1 heterocycles. The molecular formula is C14H30N2O. The number of hydrogen-bond donors (Lipinski definition) is 1. The predicted octanol–water partition coefficient (Wildman–Crippen LogP) is 2.26. The first-order valence-corrected chi connectivity index (χ1v) is 7.26. The fraction of sp³-hybridized carbons (Fsp3) is 1.00. The van der Waals surface area contributed by atoms with Crippen LogP contribution in [0.15, 0.2) is 0 Å². The molecule has 1 N–H and O–H groups in total. The average molecular weight is 242 g/mol. The van der Waals surface area contributed by atoms with Crippen LogP contribution in [0.4, 0.5) is 0 Å². The van der Waals surface area contributed by atoms with E-state index in [4.69, 9.17) is 4.74 Å². The summed E-state index contributed by atoms with van der Waals surface area (Å²) >= 11 is 0. The largest absolute Gasteiger partial charge is 0.376 e. The summed E-state index contributed by atoms with van der Waals surface area (Å²) in [4.78, 5) is 2.62.